The van der Waals surface area contributed by atoms with Crippen LogP contribution in [0.2, 0.25) is 0 Å². The Kier molecular flexibility index (Phi) is 5.31. The summed E-state index contributed by atoms with van der Waals surface area (Å²) in [5.74, 6) is -0.106. The number of alkyl halides is 3. The van der Waals surface area contributed by atoms with Crippen molar-refractivity contribution in [1.29, 1.82) is 0 Å². The van der Waals surface area contributed by atoms with Gasteiger partial charge in [-0.05, 0) is 50.9 Å². The number of nitrogens with one attached hydrogen (secondary N) is 1. The maximum Gasteiger partial charge on any atom is 0.416 e. The molecule has 0 bridgehead atoms. The van der Waals surface area contributed by atoms with Crippen molar-refractivity contribution in [3.05, 3.63) is 29.8 Å². The van der Waals surface area contributed by atoms with Crippen molar-refractivity contribution < 1.29 is 23.1 Å². The van der Waals surface area contributed by atoms with Crippen LogP contribution in [-0.2, 0) is 11.0 Å². The van der Waals surface area contributed by atoms with E-state index >= 15 is 0 Å². The fraction of sp³-hybridized carbons (Fsp3) is 0.562. The van der Waals surface area contributed by atoms with Crippen LogP contribution >= 0.6 is 0 Å². The van der Waals surface area contributed by atoms with Crippen LogP contribution in [0.5, 0.6) is 0 Å². The lowest BCUT2D eigenvalue weighted by Crippen LogP contribution is -2.43. The Balaban J connectivity index is 1.94. The molecular weight excluding hydrogens is 309 g/mol. The minimum absolute atomic E-state index is 0.104. The summed E-state index contributed by atoms with van der Waals surface area (Å²) in [6, 6.07) is 3.97. The molecule has 1 aromatic carbocycles. The van der Waals surface area contributed by atoms with Crippen LogP contribution in [0.1, 0.15) is 25.3 Å². The second kappa shape index (κ2) is 6.88. The molecule has 1 aromatic rings. The first kappa shape index (κ1) is 17.7. The molecule has 0 radical (unpaired) electrons. The van der Waals surface area contributed by atoms with Crippen LogP contribution in [-0.4, -0.2) is 41.7 Å². The lowest BCUT2D eigenvalue weighted by atomic mass is 10.1. The van der Waals surface area contributed by atoms with E-state index in [2.05, 4.69) is 5.32 Å². The molecule has 2 unspecified atom stereocenters. The molecule has 1 saturated carbocycles. The molecule has 4 nitrogen and oxygen atoms in total. The van der Waals surface area contributed by atoms with Crippen LogP contribution in [0.3, 0.4) is 0 Å². The van der Waals surface area contributed by atoms with Gasteiger partial charge in [0.05, 0.1) is 17.7 Å². The highest BCUT2D eigenvalue weighted by atomic mass is 19.4. The molecule has 0 aliphatic heterocycles. The van der Waals surface area contributed by atoms with Gasteiger partial charge in [0.15, 0.2) is 0 Å². The number of rotatable bonds is 6. The van der Waals surface area contributed by atoms with Crippen LogP contribution in [0.25, 0.3) is 0 Å². The molecule has 128 valence electrons. The van der Waals surface area contributed by atoms with Gasteiger partial charge in [-0.1, -0.05) is 6.07 Å². The predicted molar refractivity (Wildman–Crippen MR) is 80.9 cm³/mol. The highest BCUT2D eigenvalue weighted by Crippen LogP contribution is 2.33. The summed E-state index contributed by atoms with van der Waals surface area (Å²) in [7, 11) is 1.71. The lowest BCUT2D eigenvalue weighted by Gasteiger charge is -2.26. The van der Waals surface area contributed by atoms with E-state index in [0.717, 1.165) is 25.0 Å². The largest absolute Gasteiger partial charge is 0.416 e. The van der Waals surface area contributed by atoms with Gasteiger partial charge in [-0.25, -0.2) is 0 Å². The first-order chi connectivity index (χ1) is 10.7. The number of likely N-dealkylation sites (N-methyl/N-ethyl adjacent to an activating group) is 1. The zero-order chi connectivity index (χ0) is 17.2. The Hall–Kier alpha value is -1.60. The van der Waals surface area contributed by atoms with Gasteiger partial charge in [-0.3, -0.25) is 9.69 Å². The summed E-state index contributed by atoms with van der Waals surface area (Å²) in [6.07, 6.45) is -2.92. The molecule has 23 heavy (non-hydrogen) atoms. The fourth-order valence-electron chi connectivity index (χ4n) is 2.30. The molecule has 0 heterocycles. The van der Waals surface area contributed by atoms with Crippen molar-refractivity contribution in [3.63, 3.8) is 0 Å². The van der Waals surface area contributed by atoms with E-state index in [1.54, 1.807) is 18.9 Å². The third-order valence-corrected chi connectivity index (χ3v) is 4.14. The van der Waals surface area contributed by atoms with Gasteiger partial charge in [0.1, 0.15) is 0 Å². The number of nitrogens with zero attached hydrogens (tertiary/aromatic N) is 1. The van der Waals surface area contributed by atoms with Crippen molar-refractivity contribution in [2.24, 2.45) is 5.92 Å². The molecular formula is C16H21F3N2O2. The SMILES string of the molecule is CC(C(=O)Nc1cccc(C(F)(F)F)c1)N(C)CC(O)C1CC1. The van der Waals surface area contributed by atoms with Gasteiger partial charge in [-0.2, -0.15) is 13.2 Å². The van der Waals surface area contributed by atoms with Gasteiger partial charge in [0, 0.05) is 12.2 Å². The van der Waals surface area contributed by atoms with E-state index in [1.807, 2.05) is 0 Å². The molecule has 0 aromatic heterocycles. The Labute approximate surface area is 133 Å². The molecule has 1 fully saturated rings. The van der Waals surface area contributed by atoms with Crippen LogP contribution < -0.4 is 5.32 Å². The van der Waals surface area contributed by atoms with Gasteiger partial charge < -0.3 is 10.4 Å². The summed E-state index contributed by atoms with van der Waals surface area (Å²) in [6.45, 7) is 2.02. The zero-order valence-electron chi connectivity index (χ0n) is 13.1. The zero-order valence-corrected chi connectivity index (χ0v) is 13.1. The smallest absolute Gasteiger partial charge is 0.392 e. The number of hydrogen-bond donors (Lipinski definition) is 2. The fourth-order valence-corrected chi connectivity index (χ4v) is 2.30. The summed E-state index contributed by atoms with van der Waals surface area (Å²) >= 11 is 0. The van der Waals surface area contributed by atoms with E-state index < -0.39 is 29.8 Å². The number of amides is 1. The number of halogens is 3. The van der Waals surface area contributed by atoms with Crippen LogP contribution in [0.15, 0.2) is 24.3 Å². The topological polar surface area (TPSA) is 52.6 Å². The maximum absolute atomic E-state index is 12.7. The number of benzene rings is 1. The van der Waals surface area contributed by atoms with Crippen molar-refractivity contribution in [2.45, 2.75) is 38.1 Å². The second-order valence-electron chi connectivity index (χ2n) is 6.09. The molecule has 0 spiro atoms. The summed E-state index contributed by atoms with van der Waals surface area (Å²) in [5, 5.41) is 12.4. The lowest BCUT2D eigenvalue weighted by molar-refractivity contribution is -0.137. The average Bonchev–Trinajstić information content (AvgIpc) is 3.30. The Morgan fingerprint density at radius 2 is 2.09 bits per heavy atom. The molecule has 2 N–H and O–H groups in total. The van der Waals surface area contributed by atoms with E-state index in [4.69, 9.17) is 0 Å². The number of hydrogen-bond acceptors (Lipinski definition) is 3. The van der Waals surface area contributed by atoms with Gasteiger partial charge in [-0.15, -0.1) is 0 Å². The van der Waals surface area contributed by atoms with Gasteiger partial charge in [0.25, 0.3) is 0 Å². The monoisotopic (exact) mass is 330 g/mol. The van der Waals surface area contributed by atoms with Crippen LogP contribution in [0.4, 0.5) is 18.9 Å². The Morgan fingerprint density at radius 1 is 1.43 bits per heavy atom. The quantitative estimate of drug-likeness (QED) is 0.843. The third kappa shape index (κ3) is 4.94. The van der Waals surface area contributed by atoms with Crippen molar-refractivity contribution in [2.75, 3.05) is 18.9 Å². The standard InChI is InChI=1S/C16H21F3N2O2/c1-10(21(2)9-14(22)11-6-7-11)15(23)20-13-5-3-4-12(8-13)16(17,18)19/h3-5,8,10-11,14,22H,6-7,9H2,1-2H3,(H,20,23). The number of carbonyl (C=O) groups excluding carboxylic acids is 1. The van der Waals surface area contributed by atoms with Crippen molar-refractivity contribution in [1.82, 2.24) is 4.90 Å². The van der Waals surface area contributed by atoms with E-state index in [9.17, 15) is 23.1 Å². The minimum atomic E-state index is -4.45. The number of anilines is 1. The average molecular weight is 330 g/mol. The summed E-state index contributed by atoms with van der Waals surface area (Å²) < 4.78 is 38.0. The van der Waals surface area contributed by atoms with Crippen molar-refractivity contribution >= 4 is 11.6 Å². The normalized spacial score (nSPS) is 17.9. The highest BCUT2D eigenvalue weighted by molar-refractivity contribution is 5.94. The molecule has 7 heteroatoms. The first-order valence-corrected chi connectivity index (χ1v) is 7.55. The highest BCUT2D eigenvalue weighted by Gasteiger charge is 2.32. The van der Waals surface area contributed by atoms with E-state index in [0.29, 0.717) is 12.5 Å². The number of carbonyl (C=O) groups is 1. The maximum atomic E-state index is 12.7. The molecule has 1 amide bonds. The van der Waals surface area contributed by atoms with Crippen LogP contribution in [0, 0.1) is 5.92 Å². The minimum Gasteiger partial charge on any atom is -0.392 e. The summed E-state index contributed by atoms with van der Waals surface area (Å²) in [5.41, 5.74) is -0.701. The van der Waals surface area contributed by atoms with E-state index in [-0.39, 0.29) is 5.69 Å². The number of aliphatic hydroxyl groups excluding tert-OH is 1. The van der Waals surface area contributed by atoms with Gasteiger partial charge in [0.2, 0.25) is 5.91 Å². The molecule has 1 aliphatic rings. The third-order valence-electron chi connectivity index (χ3n) is 4.14. The molecule has 0 saturated heterocycles. The number of aliphatic hydroxyl groups is 1. The molecule has 2 rings (SSSR count). The summed E-state index contributed by atoms with van der Waals surface area (Å²) in [4.78, 5) is 13.9. The van der Waals surface area contributed by atoms with Crippen molar-refractivity contribution in [3.8, 4) is 0 Å². The molecule has 1 aliphatic carbocycles. The Morgan fingerprint density at radius 3 is 2.65 bits per heavy atom. The molecule has 2 atom stereocenters. The van der Waals surface area contributed by atoms with E-state index in [1.165, 1.54) is 12.1 Å². The Bertz CT molecular complexity index is 559. The second-order valence-corrected chi connectivity index (χ2v) is 6.09. The first-order valence-electron chi connectivity index (χ1n) is 7.55. The van der Waals surface area contributed by atoms with Gasteiger partial charge >= 0.3 is 6.18 Å². The predicted octanol–water partition coefficient (Wildman–Crippen LogP) is 2.74.